The van der Waals surface area contributed by atoms with E-state index in [0.29, 0.717) is 26.1 Å². The number of halogens is 1. The Labute approximate surface area is 173 Å². The summed E-state index contributed by atoms with van der Waals surface area (Å²) in [7, 11) is -2.28. The van der Waals surface area contributed by atoms with E-state index in [1.165, 1.54) is 22.5 Å². The monoisotopic (exact) mass is 444 g/mol. The molecule has 1 aromatic rings. The molecular weight excluding hydrogens is 424 g/mol. The number of nitrogens with one attached hydrogen (secondary N) is 2. The van der Waals surface area contributed by atoms with Gasteiger partial charge in [0.1, 0.15) is 11.4 Å². The summed E-state index contributed by atoms with van der Waals surface area (Å²) < 4.78 is 32.4. The van der Waals surface area contributed by atoms with Crippen LogP contribution in [0.2, 0.25) is 5.02 Å². The number of sulfonamides is 1. The molecule has 2 saturated heterocycles. The normalized spacial score (nSPS) is 20.2. The van der Waals surface area contributed by atoms with Gasteiger partial charge in [-0.1, -0.05) is 11.6 Å². The summed E-state index contributed by atoms with van der Waals surface area (Å²) in [6, 6.07) is 3.44. The molecule has 2 N–H and O–H groups in total. The van der Waals surface area contributed by atoms with Gasteiger partial charge in [-0.15, -0.1) is 0 Å². The Morgan fingerprint density at radius 2 is 2.14 bits per heavy atom. The third kappa shape index (κ3) is 4.69. The quantitative estimate of drug-likeness (QED) is 0.589. The fourth-order valence-corrected chi connectivity index (χ4v) is 5.30. The molecule has 158 valence electrons. The fourth-order valence-electron chi connectivity index (χ4n) is 3.26. The lowest BCUT2D eigenvalue weighted by atomic mass is 10.1. The van der Waals surface area contributed by atoms with Crippen molar-refractivity contribution in [3.05, 3.63) is 23.2 Å². The van der Waals surface area contributed by atoms with Gasteiger partial charge in [0.05, 0.1) is 18.2 Å². The van der Waals surface area contributed by atoms with Gasteiger partial charge in [0.15, 0.2) is 0 Å². The standard InChI is InChI=1S/C17H21ClN4O6S/c1-28-10-11-4-5-21(8-11)29(26,27)14-6-12(2-3-13(14)18)20-15(23)9-22-16(24)7-19-17(22)25/h2-3,6,11H,4-5,7-10H2,1H3,(H,19,25)(H,20,23). The maximum Gasteiger partial charge on any atom is 0.325 e. The minimum Gasteiger partial charge on any atom is -0.384 e. The predicted molar refractivity (Wildman–Crippen MR) is 104 cm³/mol. The molecule has 2 aliphatic heterocycles. The third-order valence-electron chi connectivity index (χ3n) is 4.72. The average molecular weight is 445 g/mol. The Balaban J connectivity index is 1.73. The molecule has 1 unspecified atom stereocenters. The highest BCUT2D eigenvalue weighted by Gasteiger charge is 2.34. The summed E-state index contributed by atoms with van der Waals surface area (Å²) in [5.41, 5.74) is 0.192. The molecule has 12 heteroatoms. The van der Waals surface area contributed by atoms with Crippen molar-refractivity contribution >= 4 is 45.2 Å². The van der Waals surface area contributed by atoms with Crippen molar-refractivity contribution in [2.24, 2.45) is 5.92 Å². The molecule has 0 bridgehead atoms. The van der Waals surface area contributed by atoms with E-state index in [2.05, 4.69) is 10.6 Å². The third-order valence-corrected chi connectivity index (χ3v) is 7.07. The number of urea groups is 1. The van der Waals surface area contributed by atoms with E-state index >= 15 is 0 Å². The van der Waals surface area contributed by atoms with Gasteiger partial charge in [-0.05, 0) is 30.5 Å². The second kappa shape index (κ2) is 8.66. The molecule has 0 radical (unpaired) electrons. The minimum absolute atomic E-state index is 0.0345. The van der Waals surface area contributed by atoms with Crippen molar-refractivity contribution in [2.45, 2.75) is 11.3 Å². The van der Waals surface area contributed by atoms with Crippen molar-refractivity contribution in [1.29, 1.82) is 0 Å². The molecule has 0 saturated carbocycles. The zero-order chi connectivity index (χ0) is 21.2. The van der Waals surface area contributed by atoms with Crippen LogP contribution in [0.4, 0.5) is 10.5 Å². The van der Waals surface area contributed by atoms with Crippen LogP contribution < -0.4 is 10.6 Å². The van der Waals surface area contributed by atoms with Gasteiger partial charge >= 0.3 is 6.03 Å². The number of hydrogen-bond acceptors (Lipinski definition) is 6. The molecule has 0 aromatic heterocycles. The van der Waals surface area contributed by atoms with E-state index in [1.54, 1.807) is 7.11 Å². The maximum absolute atomic E-state index is 13.0. The zero-order valence-corrected chi connectivity index (χ0v) is 17.3. The van der Waals surface area contributed by atoms with Crippen LogP contribution >= 0.6 is 11.6 Å². The molecule has 1 aromatic carbocycles. The summed E-state index contributed by atoms with van der Waals surface area (Å²) in [6.07, 6.45) is 0.688. The van der Waals surface area contributed by atoms with Gasteiger partial charge in [-0.25, -0.2) is 13.2 Å². The van der Waals surface area contributed by atoms with Crippen molar-refractivity contribution in [2.75, 3.05) is 45.2 Å². The van der Waals surface area contributed by atoms with Crippen LogP contribution in [0, 0.1) is 5.92 Å². The smallest absolute Gasteiger partial charge is 0.325 e. The van der Waals surface area contributed by atoms with Gasteiger partial charge in [0.25, 0.3) is 5.91 Å². The summed E-state index contributed by atoms with van der Waals surface area (Å²) in [5.74, 6) is -1.04. The van der Waals surface area contributed by atoms with Crippen LogP contribution in [0.5, 0.6) is 0 Å². The number of carbonyl (C=O) groups excluding carboxylic acids is 3. The number of hydrogen-bond donors (Lipinski definition) is 2. The Hall–Kier alpha value is -2.21. The molecule has 0 aliphatic carbocycles. The highest BCUT2D eigenvalue weighted by Crippen LogP contribution is 2.31. The molecular formula is C17H21ClN4O6S. The highest BCUT2D eigenvalue weighted by molar-refractivity contribution is 7.89. The largest absolute Gasteiger partial charge is 0.384 e. The van der Waals surface area contributed by atoms with E-state index in [0.717, 1.165) is 4.90 Å². The van der Waals surface area contributed by atoms with E-state index < -0.39 is 34.4 Å². The van der Waals surface area contributed by atoms with Crippen LogP contribution in [-0.2, 0) is 24.3 Å². The topological polar surface area (TPSA) is 125 Å². The maximum atomic E-state index is 13.0. The Morgan fingerprint density at radius 1 is 1.38 bits per heavy atom. The first-order chi connectivity index (χ1) is 13.7. The van der Waals surface area contributed by atoms with Crippen LogP contribution in [0.3, 0.4) is 0 Å². The molecule has 2 aliphatic rings. The summed E-state index contributed by atoms with van der Waals surface area (Å²) >= 11 is 6.12. The first kappa shape index (κ1) is 21.5. The van der Waals surface area contributed by atoms with Crippen molar-refractivity contribution in [1.82, 2.24) is 14.5 Å². The number of nitrogens with zero attached hydrogens (tertiary/aromatic N) is 2. The fraction of sp³-hybridized carbons (Fsp3) is 0.471. The molecule has 4 amide bonds. The molecule has 2 heterocycles. The van der Waals surface area contributed by atoms with Gasteiger partial charge in [0, 0.05) is 25.9 Å². The van der Waals surface area contributed by atoms with Crippen LogP contribution in [-0.4, -0.2) is 75.4 Å². The number of methoxy groups -OCH3 is 1. The Kier molecular flexibility index (Phi) is 6.42. The Morgan fingerprint density at radius 3 is 2.79 bits per heavy atom. The number of carbonyl (C=O) groups is 3. The lowest BCUT2D eigenvalue weighted by Gasteiger charge is -2.18. The molecule has 1 atom stereocenters. The number of benzene rings is 1. The van der Waals surface area contributed by atoms with Gasteiger partial charge < -0.3 is 15.4 Å². The molecule has 0 spiro atoms. The van der Waals surface area contributed by atoms with E-state index in [4.69, 9.17) is 16.3 Å². The molecule has 10 nitrogen and oxygen atoms in total. The second-order valence-electron chi connectivity index (χ2n) is 6.81. The first-order valence-electron chi connectivity index (χ1n) is 8.89. The molecule has 29 heavy (non-hydrogen) atoms. The van der Waals surface area contributed by atoms with Crippen LogP contribution in [0.15, 0.2) is 23.1 Å². The SMILES string of the molecule is COCC1CCN(S(=O)(=O)c2cc(NC(=O)CN3C(=O)CNC3=O)ccc2Cl)C1. The zero-order valence-electron chi connectivity index (χ0n) is 15.7. The van der Waals surface area contributed by atoms with Crippen molar-refractivity contribution in [3.63, 3.8) is 0 Å². The molecule has 2 fully saturated rings. The van der Waals surface area contributed by atoms with Crippen molar-refractivity contribution in [3.8, 4) is 0 Å². The number of imide groups is 1. The first-order valence-corrected chi connectivity index (χ1v) is 10.7. The number of rotatable bonds is 7. The Bertz CT molecular complexity index is 922. The highest BCUT2D eigenvalue weighted by atomic mass is 35.5. The number of ether oxygens (including phenoxy) is 1. The van der Waals surface area contributed by atoms with E-state index in [-0.39, 0.29) is 28.1 Å². The summed E-state index contributed by atoms with van der Waals surface area (Å²) in [4.78, 5) is 35.9. The van der Waals surface area contributed by atoms with Gasteiger partial charge in [-0.3, -0.25) is 14.5 Å². The number of amides is 4. The van der Waals surface area contributed by atoms with Crippen molar-refractivity contribution < 1.29 is 27.5 Å². The molecule has 3 rings (SSSR count). The minimum atomic E-state index is -3.85. The number of anilines is 1. The van der Waals surface area contributed by atoms with Crippen LogP contribution in [0.25, 0.3) is 0 Å². The predicted octanol–water partition coefficient (Wildman–Crippen LogP) is 0.487. The average Bonchev–Trinajstić information content (AvgIpc) is 3.26. The van der Waals surface area contributed by atoms with Gasteiger partial charge in [0.2, 0.25) is 15.9 Å². The lowest BCUT2D eigenvalue weighted by molar-refractivity contribution is -0.128. The van der Waals surface area contributed by atoms with E-state index in [9.17, 15) is 22.8 Å². The van der Waals surface area contributed by atoms with Crippen LogP contribution in [0.1, 0.15) is 6.42 Å². The lowest BCUT2D eigenvalue weighted by Crippen LogP contribution is -2.38. The summed E-state index contributed by atoms with van der Waals surface area (Å²) in [5, 5.41) is 4.84. The van der Waals surface area contributed by atoms with Gasteiger partial charge in [-0.2, -0.15) is 4.31 Å². The summed E-state index contributed by atoms with van der Waals surface area (Å²) in [6.45, 7) is 0.527. The second-order valence-corrected chi connectivity index (χ2v) is 9.12. The van der Waals surface area contributed by atoms with E-state index in [1.807, 2.05) is 0 Å².